The second-order valence-corrected chi connectivity index (χ2v) is 10.0. The lowest BCUT2D eigenvalue weighted by Gasteiger charge is -2.68. The molecule has 0 heterocycles. The summed E-state index contributed by atoms with van der Waals surface area (Å²) in [7, 11) is -3.67. The normalized spacial score (nSPS) is 27.4. The molecule has 7 nitrogen and oxygen atoms in total. The van der Waals surface area contributed by atoms with Crippen LogP contribution in [0.2, 0.25) is 0 Å². The predicted molar refractivity (Wildman–Crippen MR) is 98.4 cm³/mol. The van der Waals surface area contributed by atoms with Crippen LogP contribution < -0.4 is 10.1 Å². The minimum absolute atomic E-state index is 0.136. The molecule has 0 aliphatic heterocycles. The Balaban J connectivity index is 1.52. The first kappa shape index (κ1) is 18.7. The van der Waals surface area contributed by atoms with Crippen LogP contribution in [0.5, 0.6) is 0 Å². The molecule has 0 unspecified atom stereocenters. The number of nitrogens with one attached hydrogen (secondary N) is 2. The lowest BCUT2D eigenvalue weighted by molar-refractivity contribution is -0.0960. The van der Waals surface area contributed by atoms with Crippen LogP contribution in [0.15, 0.2) is 34.3 Å². The van der Waals surface area contributed by atoms with Crippen molar-refractivity contribution < 1.29 is 17.9 Å². The number of aryl methyl sites for hydroxylation is 1. The lowest BCUT2D eigenvalue weighted by atomic mass is 9.40. The van der Waals surface area contributed by atoms with E-state index >= 15 is 0 Å². The summed E-state index contributed by atoms with van der Waals surface area (Å²) in [6.07, 6.45) is 3.47. The molecule has 8 heteroatoms. The molecule has 1 aromatic rings. The number of carbonyl (C=O) groups is 1. The van der Waals surface area contributed by atoms with E-state index in [1.54, 1.807) is 37.4 Å². The van der Waals surface area contributed by atoms with E-state index in [1.165, 1.54) is 0 Å². The molecule has 4 rings (SSSR count). The van der Waals surface area contributed by atoms with Crippen LogP contribution in [0.3, 0.4) is 0 Å². The number of amides is 1. The van der Waals surface area contributed by atoms with Crippen molar-refractivity contribution in [1.82, 2.24) is 10.1 Å². The van der Waals surface area contributed by atoms with Gasteiger partial charge in [0.25, 0.3) is 10.0 Å². The summed E-state index contributed by atoms with van der Waals surface area (Å²) >= 11 is 0. The third-order valence-corrected chi connectivity index (χ3v) is 6.11. The monoisotopic (exact) mass is 379 g/mol. The molecule has 0 aromatic heterocycles. The van der Waals surface area contributed by atoms with E-state index in [2.05, 4.69) is 15.2 Å². The Bertz CT molecular complexity index is 836. The second-order valence-electron chi connectivity index (χ2n) is 8.42. The van der Waals surface area contributed by atoms with Crippen molar-refractivity contribution in [3.05, 3.63) is 29.8 Å². The Morgan fingerprint density at radius 1 is 1.23 bits per heavy atom. The van der Waals surface area contributed by atoms with Gasteiger partial charge in [0.15, 0.2) is 0 Å². The van der Waals surface area contributed by atoms with Crippen LogP contribution in [-0.2, 0) is 14.8 Å². The van der Waals surface area contributed by atoms with Gasteiger partial charge >= 0.3 is 6.09 Å². The van der Waals surface area contributed by atoms with Gasteiger partial charge in [0.05, 0.1) is 4.90 Å². The molecular weight excluding hydrogens is 354 g/mol. The van der Waals surface area contributed by atoms with Gasteiger partial charge in [0, 0.05) is 17.2 Å². The number of rotatable bonds is 5. The summed E-state index contributed by atoms with van der Waals surface area (Å²) in [5.41, 5.74) is -0.228. The molecule has 142 valence electrons. The summed E-state index contributed by atoms with van der Waals surface area (Å²) in [6.45, 7) is 7.21. The van der Waals surface area contributed by atoms with Crippen molar-refractivity contribution in [2.45, 2.75) is 63.0 Å². The van der Waals surface area contributed by atoms with Crippen molar-refractivity contribution in [3.63, 3.8) is 0 Å². The maximum Gasteiger partial charge on any atom is 0.408 e. The molecule has 0 spiro atoms. The highest BCUT2D eigenvalue weighted by atomic mass is 32.2. The molecule has 26 heavy (non-hydrogen) atoms. The summed E-state index contributed by atoms with van der Waals surface area (Å²) in [6, 6.07) is 6.76. The standard InChI is InChI=1S/C18H25N3O4S/c1-13-7-5-6-8-14(13)26(23,24)21-19-12-17-9-18(10-17,11-17)20-15(22)25-16(2,3)4/h5-8,12,21H,9-11H2,1-4H3,(H,20,22). The van der Waals surface area contributed by atoms with E-state index in [1.807, 2.05) is 20.8 Å². The Kier molecular flexibility index (Phi) is 4.29. The first-order chi connectivity index (χ1) is 11.9. The van der Waals surface area contributed by atoms with Gasteiger partial charge in [-0.3, -0.25) is 0 Å². The number of ether oxygens (including phenoxy) is 1. The number of benzene rings is 1. The fourth-order valence-electron chi connectivity index (χ4n) is 3.80. The number of hydrazone groups is 1. The van der Waals surface area contributed by atoms with E-state index in [0.717, 1.165) is 19.3 Å². The number of hydrogen-bond acceptors (Lipinski definition) is 5. The molecule has 3 aliphatic rings. The van der Waals surface area contributed by atoms with Gasteiger partial charge < -0.3 is 10.1 Å². The zero-order valence-electron chi connectivity index (χ0n) is 15.5. The third kappa shape index (κ3) is 3.70. The maximum atomic E-state index is 12.3. The number of nitrogens with zero attached hydrogens (tertiary/aromatic N) is 1. The Morgan fingerprint density at radius 3 is 2.42 bits per heavy atom. The first-order valence-electron chi connectivity index (χ1n) is 8.57. The molecule has 2 bridgehead atoms. The number of carbonyl (C=O) groups excluding carboxylic acids is 1. The van der Waals surface area contributed by atoms with E-state index in [9.17, 15) is 13.2 Å². The molecule has 0 radical (unpaired) electrons. The zero-order valence-corrected chi connectivity index (χ0v) is 16.3. The van der Waals surface area contributed by atoms with Crippen molar-refractivity contribution >= 4 is 22.3 Å². The van der Waals surface area contributed by atoms with Crippen molar-refractivity contribution in [1.29, 1.82) is 0 Å². The SMILES string of the molecule is Cc1ccccc1S(=O)(=O)NN=CC12CC(NC(=O)OC(C)(C)C)(C1)C2. The van der Waals surface area contributed by atoms with Gasteiger partial charge in [0.2, 0.25) is 0 Å². The highest BCUT2D eigenvalue weighted by Crippen LogP contribution is 2.66. The topological polar surface area (TPSA) is 96.9 Å². The first-order valence-corrected chi connectivity index (χ1v) is 10.1. The van der Waals surface area contributed by atoms with Crippen molar-refractivity contribution in [2.75, 3.05) is 0 Å². The van der Waals surface area contributed by atoms with Gasteiger partial charge in [0.1, 0.15) is 5.60 Å². The number of sulfonamides is 1. The predicted octanol–water partition coefficient (Wildman–Crippen LogP) is 2.71. The molecular formula is C18H25N3O4S. The summed E-state index contributed by atoms with van der Waals surface area (Å²) in [4.78, 5) is 14.4. The number of hydrogen-bond donors (Lipinski definition) is 2. The highest BCUT2D eigenvalue weighted by molar-refractivity contribution is 7.89. The quantitative estimate of drug-likeness (QED) is 0.607. The van der Waals surface area contributed by atoms with Crippen LogP contribution in [0.1, 0.15) is 45.6 Å². The highest BCUT2D eigenvalue weighted by Gasteiger charge is 2.68. The molecule has 2 N–H and O–H groups in total. The molecule has 3 saturated carbocycles. The lowest BCUT2D eigenvalue weighted by Crippen LogP contribution is -2.75. The summed E-state index contributed by atoms with van der Waals surface area (Å²) in [5.74, 6) is 0. The van der Waals surface area contributed by atoms with Crippen LogP contribution in [-0.4, -0.2) is 31.9 Å². The fraction of sp³-hybridized carbons (Fsp3) is 0.556. The Hall–Kier alpha value is -2.09. The van der Waals surface area contributed by atoms with Gasteiger partial charge in [-0.25, -0.2) is 9.63 Å². The molecule has 0 atom stereocenters. The van der Waals surface area contributed by atoms with Gasteiger partial charge in [-0.2, -0.15) is 13.5 Å². The minimum Gasteiger partial charge on any atom is -0.444 e. The number of alkyl carbamates (subject to hydrolysis) is 1. The van der Waals surface area contributed by atoms with Gasteiger partial charge in [-0.1, -0.05) is 18.2 Å². The smallest absolute Gasteiger partial charge is 0.408 e. The van der Waals surface area contributed by atoms with Crippen molar-refractivity contribution in [2.24, 2.45) is 10.5 Å². The van der Waals surface area contributed by atoms with Crippen LogP contribution in [0, 0.1) is 12.3 Å². The molecule has 3 fully saturated rings. The van der Waals surface area contributed by atoms with Gasteiger partial charge in [-0.05, 0) is 58.6 Å². The average molecular weight is 379 g/mol. The van der Waals surface area contributed by atoms with Gasteiger partial charge in [-0.15, -0.1) is 0 Å². The van der Waals surface area contributed by atoms with Crippen LogP contribution in [0.25, 0.3) is 0 Å². The maximum absolute atomic E-state index is 12.3. The largest absolute Gasteiger partial charge is 0.444 e. The average Bonchev–Trinajstić information content (AvgIpc) is 2.41. The molecule has 1 amide bonds. The summed E-state index contributed by atoms with van der Waals surface area (Å²) in [5, 5.41) is 6.87. The zero-order chi connectivity index (χ0) is 19.2. The fourth-order valence-corrected chi connectivity index (χ4v) is 4.84. The van der Waals surface area contributed by atoms with Crippen molar-refractivity contribution in [3.8, 4) is 0 Å². The molecule has 0 saturated heterocycles. The Labute approximate surface area is 154 Å². The summed E-state index contributed by atoms with van der Waals surface area (Å²) < 4.78 is 29.9. The van der Waals surface area contributed by atoms with E-state index < -0.39 is 21.7 Å². The minimum atomic E-state index is -3.67. The van der Waals surface area contributed by atoms with E-state index in [-0.39, 0.29) is 15.8 Å². The van der Waals surface area contributed by atoms with E-state index in [0.29, 0.717) is 5.56 Å². The van der Waals surface area contributed by atoms with Crippen LogP contribution >= 0.6 is 0 Å². The second kappa shape index (κ2) is 5.97. The molecule has 1 aromatic carbocycles. The van der Waals surface area contributed by atoms with Crippen LogP contribution in [0.4, 0.5) is 4.79 Å². The third-order valence-electron chi connectivity index (χ3n) is 4.73. The van der Waals surface area contributed by atoms with E-state index in [4.69, 9.17) is 4.74 Å². The molecule has 3 aliphatic carbocycles. The Morgan fingerprint density at radius 2 is 1.85 bits per heavy atom.